The van der Waals surface area contributed by atoms with Gasteiger partial charge in [0.1, 0.15) is 0 Å². The number of fused-ring (bicyclic) bond motifs is 1. The van der Waals surface area contributed by atoms with E-state index in [1.54, 1.807) is 6.07 Å². The summed E-state index contributed by atoms with van der Waals surface area (Å²) in [4.78, 5) is 0. The van der Waals surface area contributed by atoms with Gasteiger partial charge in [-0.3, -0.25) is 0 Å². The maximum Gasteiger partial charge on any atom is 0.172 e. The first-order valence-corrected chi connectivity index (χ1v) is 10.8. The minimum absolute atomic E-state index is 0.314. The Morgan fingerprint density at radius 3 is 2.44 bits per heavy atom. The van der Waals surface area contributed by atoms with Crippen molar-refractivity contribution in [1.29, 1.82) is 0 Å². The monoisotopic (exact) mass is 386 g/mol. The minimum Gasteiger partial charge on any atom is -0.471 e. The van der Waals surface area contributed by atoms with Gasteiger partial charge in [0.2, 0.25) is 0 Å². The molecule has 3 heteroatoms. The van der Waals surface area contributed by atoms with E-state index in [9.17, 15) is 4.39 Å². The van der Waals surface area contributed by atoms with Gasteiger partial charge in [0, 0.05) is 6.42 Å². The molecule has 1 nitrogen and oxygen atoms in total. The molecular weight excluding hydrogens is 359 g/mol. The Bertz CT molecular complexity index is 778. The van der Waals surface area contributed by atoms with Crippen LogP contribution in [0, 0.1) is 11.7 Å². The molecule has 1 unspecified atom stereocenters. The van der Waals surface area contributed by atoms with E-state index in [1.807, 2.05) is 6.07 Å². The molecule has 1 heterocycles. The van der Waals surface area contributed by atoms with E-state index in [-0.39, 0.29) is 5.82 Å². The van der Waals surface area contributed by atoms with E-state index in [2.05, 4.69) is 31.2 Å². The zero-order chi connectivity index (χ0) is 18.8. The number of benzene rings is 2. The molecule has 0 saturated heterocycles. The van der Waals surface area contributed by atoms with Gasteiger partial charge in [-0.2, -0.15) is 0 Å². The average molecular weight is 387 g/mol. The zero-order valence-corrected chi connectivity index (χ0v) is 16.8. The van der Waals surface area contributed by atoms with Crippen LogP contribution in [0.25, 0.3) is 11.1 Å². The molecule has 0 N–H and O–H groups in total. The second-order valence-electron chi connectivity index (χ2n) is 8.14. The lowest BCUT2D eigenvalue weighted by atomic mass is 9.77. The van der Waals surface area contributed by atoms with E-state index in [0.29, 0.717) is 11.7 Å². The van der Waals surface area contributed by atoms with Crippen molar-refractivity contribution >= 4 is 11.6 Å². The molecule has 0 bridgehead atoms. The molecule has 144 valence electrons. The molecule has 1 atom stereocenters. The standard InChI is InChI=1S/C24H28ClFO/c1-2-3-16-4-6-17(7-5-16)18-8-10-19(11-9-18)21-14-20-12-13-23(25)27-24(20)22(26)15-21/h8-11,14-17,23H,2-7,12-13H2,1H3. The molecule has 2 aromatic rings. The third kappa shape index (κ3) is 4.16. The van der Waals surface area contributed by atoms with Gasteiger partial charge >= 0.3 is 0 Å². The lowest BCUT2D eigenvalue weighted by Gasteiger charge is -2.28. The molecule has 0 amide bonds. The largest absolute Gasteiger partial charge is 0.471 e. The molecule has 2 aliphatic rings. The summed E-state index contributed by atoms with van der Waals surface area (Å²) < 4.78 is 19.9. The highest BCUT2D eigenvalue weighted by atomic mass is 35.5. The summed E-state index contributed by atoms with van der Waals surface area (Å²) in [7, 11) is 0. The van der Waals surface area contributed by atoms with E-state index >= 15 is 0 Å². The summed E-state index contributed by atoms with van der Waals surface area (Å²) in [6, 6.07) is 12.4. The van der Waals surface area contributed by atoms with Crippen molar-refractivity contribution in [2.24, 2.45) is 5.92 Å². The fraction of sp³-hybridized carbons (Fsp3) is 0.500. The molecule has 0 aromatic heterocycles. The molecule has 1 saturated carbocycles. The van der Waals surface area contributed by atoms with Gasteiger partial charge in [0.05, 0.1) is 0 Å². The van der Waals surface area contributed by atoms with Gasteiger partial charge in [0.25, 0.3) is 0 Å². The smallest absolute Gasteiger partial charge is 0.172 e. The number of alkyl halides is 1. The fourth-order valence-corrected chi connectivity index (χ4v) is 4.93. The van der Waals surface area contributed by atoms with Crippen LogP contribution in [0.5, 0.6) is 5.75 Å². The molecule has 1 aliphatic heterocycles. The van der Waals surface area contributed by atoms with E-state index < -0.39 is 5.56 Å². The third-order valence-electron chi connectivity index (χ3n) is 6.27. The molecule has 4 rings (SSSR count). The van der Waals surface area contributed by atoms with Gasteiger partial charge in [-0.25, -0.2) is 4.39 Å². The van der Waals surface area contributed by atoms with E-state index in [4.69, 9.17) is 16.3 Å². The van der Waals surface area contributed by atoms with Gasteiger partial charge in [-0.15, -0.1) is 0 Å². The Balaban J connectivity index is 1.49. The molecular formula is C24H28ClFO. The van der Waals surface area contributed by atoms with E-state index in [1.165, 1.54) is 44.1 Å². The van der Waals surface area contributed by atoms with Gasteiger partial charge < -0.3 is 4.74 Å². The first kappa shape index (κ1) is 18.8. The second-order valence-corrected chi connectivity index (χ2v) is 8.63. The van der Waals surface area contributed by atoms with Crippen LogP contribution in [0.2, 0.25) is 0 Å². The van der Waals surface area contributed by atoms with Gasteiger partial charge in [0.15, 0.2) is 17.1 Å². The van der Waals surface area contributed by atoms with Crippen molar-refractivity contribution in [2.75, 3.05) is 0 Å². The summed E-state index contributed by atoms with van der Waals surface area (Å²) in [6.45, 7) is 2.29. The quantitative estimate of drug-likeness (QED) is 0.495. The van der Waals surface area contributed by atoms with Crippen LogP contribution in [-0.2, 0) is 6.42 Å². The van der Waals surface area contributed by atoms with Crippen LogP contribution in [0.4, 0.5) is 4.39 Å². The minimum atomic E-state index is -0.426. The normalized spacial score (nSPS) is 24.9. The lowest BCUT2D eigenvalue weighted by molar-refractivity contribution is 0.237. The summed E-state index contributed by atoms with van der Waals surface area (Å²) in [5, 5.41) is 0. The van der Waals surface area contributed by atoms with Crippen LogP contribution in [0.3, 0.4) is 0 Å². The molecule has 1 aliphatic carbocycles. The van der Waals surface area contributed by atoms with Crippen molar-refractivity contribution in [3.63, 3.8) is 0 Å². The van der Waals surface area contributed by atoms with Crippen molar-refractivity contribution in [2.45, 2.75) is 69.8 Å². The van der Waals surface area contributed by atoms with Crippen LogP contribution in [-0.4, -0.2) is 5.56 Å². The third-order valence-corrected chi connectivity index (χ3v) is 6.57. The van der Waals surface area contributed by atoms with Gasteiger partial charge in [-0.05, 0) is 78.3 Å². The molecule has 0 radical (unpaired) electrons. The Hall–Kier alpha value is -1.54. The van der Waals surface area contributed by atoms with Crippen molar-refractivity contribution in [1.82, 2.24) is 0 Å². The maximum absolute atomic E-state index is 14.5. The average Bonchev–Trinajstić information content (AvgIpc) is 2.69. The van der Waals surface area contributed by atoms with Crippen LogP contribution in [0.15, 0.2) is 36.4 Å². The van der Waals surface area contributed by atoms with Crippen LogP contribution >= 0.6 is 11.6 Å². The van der Waals surface area contributed by atoms with Crippen molar-refractivity contribution in [3.8, 4) is 16.9 Å². The number of hydrogen-bond donors (Lipinski definition) is 0. The molecule has 0 spiro atoms. The summed E-state index contributed by atoms with van der Waals surface area (Å²) in [5.74, 6) is 1.62. The van der Waals surface area contributed by atoms with Crippen molar-refractivity contribution < 1.29 is 9.13 Å². The number of aryl methyl sites for hydroxylation is 1. The highest BCUT2D eigenvalue weighted by Crippen LogP contribution is 2.39. The maximum atomic E-state index is 14.5. The van der Waals surface area contributed by atoms with Gasteiger partial charge in [-0.1, -0.05) is 55.6 Å². The first-order valence-electron chi connectivity index (χ1n) is 10.4. The molecule has 2 aromatic carbocycles. The Morgan fingerprint density at radius 1 is 1.00 bits per heavy atom. The lowest BCUT2D eigenvalue weighted by Crippen LogP contribution is -2.17. The van der Waals surface area contributed by atoms with Crippen molar-refractivity contribution in [3.05, 3.63) is 53.3 Å². The highest BCUT2D eigenvalue weighted by Gasteiger charge is 2.23. The second kappa shape index (κ2) is 8.22. The molecule has 1 fully saturated rings. The Morgan fingerprint density at radius 2 is 1.74 bits per heavy atom. The molecule has 27 heavy (non-hydrogen) atoms. The first-order chi connectivity index (χ1) is 13.1. The summed E-state index contributed by atoms with van der Waals surface area (Å²) >= 11 is 6.00. The number of halogens is 2. The number of rotatable bonds is 4. The Labute approximate surface area is 166 Å². The Kier molecular flexibility index (Phi) is 5.73. The topological polar surface area (TPSA) is 9.23 Å². The van der Waals surface area contributed by atoms with Crippen LogP contribution < -0.4 is 4.74 Å². The van der Waals surface area contributed by atoms with E-state index in [0.717, 1.165) is 35.4 Å². The number of hydrogen-bond acceptors (Lipinski definition) is 1. The summed E-state index contributed by atoms with van der Waals surface area (Å²) in [6.07, 6.45) is 9.48. The highest BCUT2D eigenvalue weighted by molar-refractivity contribution is 6.19. The SMILES string of the molecule is CCCC1CCC(c2ccc(-c3cc(F)c4c(c3)CCC(Cl)O4)cc2)CC1. The number of ether oxygens (including phenoxy) is 1. The zero-order valence-electron chi connectivity index (χ0n) is 16.0. The van der Waals surface area contributed by atoms with Crippen LogP contribution in [0.1, 0.15) is 68.9 Å². The summed E-state index contributed by atoms with van der Waals surface area (Å²) in [5.41, 5.74) is 3.90. The predicted molar refractivity (Wildman–Crippen MR) is 110 cm³/mol. The fourth-order valence-electron chi connectivity index (χ4n) is 4.73. The predicted octanol–water partition coefficient (Wildman–Crippen LogP) is 7.46.